The van der Waals surface area contributed by atoms with E-state index in [1.54, 1.807) is 0 Å². The maximum Gasteiger partial charge on any atom is 0.191 e. The van der Waals surface area contributed by atoms with Gasteiger partial charge in [0.1, 0.15) is 0 Å². The van der Waals surface area contributed by atoms with Gasteiger partial charge >= 0.3 is 0 Å². The Hall–Kier alpha value is -0.810. The molecule has 0 bridgehead atoms. The number of aliphatic imine (C=N–C) groups is 1. The first kappa shape index (κ1) is 15.7. The molecular weight excluding hydrogens is 288 g/mol. The molecule has 2 aliphatic heterocycles. The van der Waals surface area contributed by atoms with Crippen LogP contribution in [0, 0.1) is 11.3 Å². The lowest BCUT2D eigenvalue weighted by atomic mass is 9.57. The maximum atomic E-state index is 5.90. The minimum Gasteiger partial charge on any atom is -0.377 e. The van der Waals surface area contributed by atoms with Crippen LogP contribution in [-0.4, -0.2) is 61.8 Å². The molecule has 4 rings (SSSR count). The minimum atomic E-state index is 0.203. The van der Waals surface area contributed by atoms with Crippen molar-refractivity contribution in [1.29, 1.82) is 0 Å². The summed E-state index contributed by atoms with van der Waals surface area (Å²) in [6.45, 7) is 8.04. The summed E-state index contributed by atoms with van der Waals surface area (Å²) in [5.41, 5.74) is 0.203. The average Bonchev–Trinajstić information content (AvgIpc) is 3.30. The van der Waals surface area contributed by atoms with Crippen molar-refractivity contribution >= 4 is 5.96 Å². The topological polar surface area (TPSA) is 48.9 Å². The average molecular weight is 320 g/mol. The Kier molecular flexibility index (Phi) is 4.04. The molecule has 0 radical (unpaired) electrons. The zero-order valence-electron chi connectivity index (χ0n) is 14.8. The fourth-order valence-corrected chi connectivity index (χ4v) is 4.98. The Morgan fingerprint density at radius 2 is 1.83 bits per heavy atom. The first-order chi connectivity index (χ1) is 11.1. The van der Waals surface area contributed by atoms with Crippen LogP contribution in [0.4, 0.5) is 0 Å². The van der Waals surface area contributed by atoms with Gasteiger partial charge in [-0.1, -0.05) is 13.8 Å². The van der Waals surface area contributed by atoms with Crippen LogP contribution < -0.4 is 10.6 Å². The normalized spacial score (nSPS) is 38.0. The highest BCUT2D eigenvalue weighted by atomic mass is 16.5. The van der Waals surface area contributed by atoms with Crippen LogP contribution in [0.3, 0.4) is 0 Å². The SMILES string of the molecule is CN=C(NC1CCN(C2CC2)CC1)NC1C2CCOC2C1(C)C. The molecule has 0 aromatic heterocycles. The van der Waals surface area contributed by atoms with Gasteiger partial charge in [-0.3, -0.25) is 4.99 Å². The van der Waals surface area contributed by atoms with Crippen molar-refractivity contribution in [3.63, 3.8) is 0 Å². The number of hydrogen-bond donors (Lipinski definition) is 2. The molecule has 2 saturated carbocycles. The van der Waals surface area contributed by atoms with Gasteiger partial charge in [0.15, 0.2) is 5.96 Å². The molecule has 3 unspecified atom stereocenters. The number of hydrogen-bond acceptors (Lipinski definition) is 3. The maximum absolute atomic E-state index is 5.90. The van der Waals surface area contributed by atoms with Gasteiger partial charge in [0.25, 0.3) is 0 Å². The van der Waals surface area contributed by atoms with Gasteiger partial charge in [0, 0.05) is 56.2 Å². The van der Waals surface area contributed by atoms with Gasteiger partial charge < -0.3 is 20.3 Å². The Morgan fingerprint density at radius 3 is 2.48 bits per heavy atom. The summed E-state index contributed by atoms with van der Waals surface area (Å²) in [7, 11) is 1.89. The first-order valence-electron chi connectivity index (χ1n) is 9.45. The highest BCUT2D eigenvalue weighted by molar-refractivity contribution is 5.80. The number of nitrogens with one attached hydrogen (secondary N) is 2. The summed E-state index contributed by atoms with van der Waals surface area (Å²) in [6, 6.07) is 1.95. The van der Waals surface area contributed by atoms with E-state index in [0.29, 0.717) is 24.1 Å². The molecule has 0 spiro atoms. The summed E-state index contributed by atoms with van der Waals surface area (Å²) in [5.74, 6) is 1.64. The van der Waals surface area contributed by atoms with Gasteiger partial charge in [0.2, 0.25) is 0 Å². The predicted molar refractivity (Wildman–Crippen MR) is 92.7 cm³/mol. The number of nitrogens with zero attached hydrogens (tertiary/aromatic N) is 2. The molecule has 4 fully saturated rings. The smallest absolute Gasteiger partial charge is 0.191 e. The lowest BCUT2D eigenvalue weighted by Crippen LogP contribution is -2.68. The highest BCUT2D eigenvalue weighted by Gasteiger charge is 2.59. The van der Waals surface area contributed by atoms with Crippen LogP contribution in [0.25, 0.3) is 0 Å². The quantitative estimate of drug-likeness (QED) is 0.612. The third kappa shape index (κ3) is 2.86. The van der Waals surface area contributed by atoms with Crippen molar-refractivity contribution in [3.05, 3.63) is 0 Å². The van der Waals surface area contributed by atoms with Crippen molar-refractivity contribution < 1.29 is 4.74 Å². The van der Waals surface area contributed by atoms with E-state index in [4.69, 9.17) is 4.74 Å². The van der Waals surface area contributed by atoms with Crippen molar-refractivity contribution in [2.45, 2.75) is 70.2 Å². The van der Waals surface area contributed by atoms with E-state index in [1.165, 1.54) is 45.2 Å². The zero-order valence-corrected chi connectivity index (χ0v) is 14.8. The third-order valence-electron chi connectivity index (χ3n) is 6.55. The second kappa shape index (κ2) is 5.92. The largest absolute Gasteiger partial charge is 0.377 e. The molecule has 130 valence electrons. The summed E-state index contributed by atoms with van der Waals surface area (Å²) >= 11 is 0. The summed E-state index contributed by atoms with van der Waals surface area (Å²) in [5, 5.41) is 7.38. The summed E-state index contributed by atoms with van der Waals surface area (Å²) in [6.07, 6.45) is 6.93. The van der Waals surface area contributed by atoms with E-state index in [-0.39, 0.29) is 5.41 Å². The van der Waals surface area contributed by atoms with Gasteiger partial charge in [-0.25, -0.2) is 0 Å². The van der Waals surface area contributed by atoms with E-state index in [9.17, 15) is 0 Å². The second-order valence-electron chi connectivity index (χ2n) is 8.45. The molecular formula is C18H32N4O. The van der Waals surface area contributed by atoms with E-state index in [0.717, 1.165) is 18.6 Å². The molecule has 4 aliphatic rings. The Morgan fingerprint density at radius 1 is 1.09 bits per heavy atom. The summed E-state index contributed by atoms with van der Waals surface area (Å²) in [4.78, 5) is 7.16. The van der Waals surface area contributed by atoms with Gasteiger partial charge in [-0.05, 0) is 32.1 Å². The molecule has 2 heterocycles. The van der Waals surface area contributed by atoms with Gasteiger partial charge in [0.05, 0.1) is 6.10 Å². The predicted octanol–water partition coefficient (Wildman–Crippen LogP) is 1.59. The minimum absolute atomic E-state index is 0.203. The lowest BCUT2D eigenvalue weighted by molar-refractivity contribution is -0.106. The number of ether oxygens (including phenoxy) is 1. The lowest BCUT2D eigenvalue weighted by Gasteiger charge is -2.55. The molecule has 2 saturated heterocycles. The van der Waals surface area contributed by atoms with Crippen LogP contribution >= 0.6 is 0 Å². The van der Waals surface area contributed by atoms with Crippen LogP contribution in [0.5, 0.6) is 0 Å². The fourth-order valence-electron chi connectivity index (χ4n) is 4.98. The van der Waals surface area contributed by atoms with Crippen LogP contribution in [0.15, 0.2) is 4.99 Å². The molecule has 0 aromatic rings. The molecule has 5 nitrogen and oxygen atoms in total. The van der Waals surface area contributed by atoms with Crippen LogP contribution in [0.2, 0.25) is 0 Å². The van der Waals surface area contributed by atoms with E-state index in [1.807, 2.05) is 7.05 Å². The molecule has 3 atom stereocenters. The molecule has 23 heavy (non-hydrogen) atoms. The number of fused-ring (bicyclic) bond motifs is 1. The van der Waals surface area contributed by atoms with E-state index in [2.05, 4.69) is 34.4 Å². The third-order valence-corrected chi connectivity index (χ3v) is 6.55. The fraction of sp³-hybridized carbons (Fsp3) is 0.944. The Balaban J connectivity index is 1.29. The molecule has 0 amide bonds. The van der Waals surface area contributed by atoms with Crippen molar-refractivity contribution in [1.82, 2.24) is 15.5 Å². The number of rotatable bonds is 3. The summed E-state index contributed by atoms with van der Waals surface area (Å²) < 4.78 is 5.90. The van der Waals surface area contributed by atoms with Gasteiger partial charge in [-0.15, -0.1) is 0 Å². The number of likely N-dealkylation sites (tertiary alicyclic amines) is 1. The number of guanidine groups is 1. The van der Waals surface area contributed by atoms with Crippen molar-refractivity contribution in [2.24, 2.45) is 16.3 Å². The Labute approximate surface area is 140 Å². The highest BCUT2D eigenvalue weighted by Crippen LogP contribution is 2.52. The van der Waals surface area contributed by atoms with Crippen LogP contribution in [0.1, 0.15) is 46.0 Å². The first-order valence-corrected chi connectivity index (χ1v) is 9.45. The van der Waals surface area contributed by atoms with E-state index >= 15 is 0 Å². The molecule has 5 heteroatoms. The standard InChI is InChI=1S/C18H32N4O/c1-18(2)15(14-8-11-23-16(14)18)21-17(19-3)20-12-6-9-22(10-7-12)13-4-5-13/h12-16H,4-11H2,1-3H3,(H2,19,20,21). The Bertz CT molecular complexity index is 466. The van der Waals surface area contributed by atoms with Crippen molar-refractivity contribution in [3.8, 4) is 0 Å². The molecule has 2 aliphatic carbocycles. The molecule has 2 N–H and O–H groups in total. The van der Waals surface area contributed by atoms with E-state index < -0.39 is 0 Å². The van der Waals surface area contributed by atoms with Gasteiger partial charge in [-0.2, -0.15) is 0 Å². The molecule has 0 aromatic carbocycles. The van der Waals surface area contributed by atoms with Crippen molar-refractivity contribution in [2.75, 3.05) is 26.7 Å². The number of piperidine rings is 1. The monoisotopic (exact) mass is 320 g/mol. The van der Waals surface area contributed by atoms with Crippen LogP contribution in [-0.2, 0) is 4.74 Å². The second-order valence-corrected chi connectivity index (χ2v) is 8.45. The zero-order chi connectivity index (χ0) is 16.0.